The normalized spacial score (nSPS) is 15.0. The summed E-state index contributed by atoms with van der Waals surface area (Å²) in [5.74, 6) is 0. The van der Waals surface area contributed by atoms with E-state index in [1.165, 1.54) is 18.5 Å². The molecule has 0 aliphatic carbocycles. The van der Waals surface area contributed by atoms with E-state index < -0.39 is 6.04 Å². The molecule has 1 unspecified atom stereocenters. The first kappa shape index (κ1) is 17.3. The minimum atomic E-state index is -0.426. The van der Waals surface area contributed by atoms with Gasteiger partial charge in [0.2, 0.25) is 0 Å². The summed E-state index contributed by atoms with van der Waals surface area (Å²) in [5, 5.41) is 15.3. The summed E-state index contributed by atoms with van der Waals surface area (Å²) in [6, 6.07) is 14.8. The summed E-state index contributed by atoms with van der Waals surface area (Å²) in [4.78, 5) is 14.7. The molecule has 1 saturated heterocycles. The molecule has 1 aliphatic rings. The Morgan fingerprint density at radius 2 is 1.88 bits per heavy atom. The van der Waals surface area contributed by atoms with E-state index in [9.17, 15) is 9.90 Å². The minimum Gasteiger partial charge on any atom is -0.394 e. The lowest BCUT2D eigenvalue weighted by Crippen LogP contribution is -2.34. The van der Waals surface area contributed by atoms with Crippen LogP contribution in [0, 0.1) is 6.92 Å². The van der Waals surface area contributed by atoms with Crippen LogP contribution in [0.4, 0.5) is 16.2 Å². The van der Waals surface area contributed by atoms with Crippen LogP contribution in [0.1, 0.15) is 30.0 Å². The molecule has 0 saturated carbocycles. The Morgan fingerprint density at radius 3 is 2.52 bits per heavy atom. The van der Waals surface area contributed by atoms with Crippen molar-refractivity contribution >= 4 is 17.4 Å². The standard InChI is InChI=1S/C20H25N3O2/c1-15-13-17(23-11-5-6-12-23)9-10-18(15)21-20(25)22-19(14-24)16-7-3-2-4-8-16/h2-4,7-10,13,19,24H,5-6,11-12,14H2,1H3,(H2,21,22,25). The second-order valence-corrected chi connectivity index (χ2v) is 6.44. The van der Waals surface area contributed by atoms with Crippen molar-refractivity contribution in [1.82, 2.24) is 5.32 Å². The first-order valence-corrected chi connectivity index (χ1v) is 8.76. The summed E-state index contributed by atoms with van der Waals surface area (Å²) in [7, 11) is 0. The van der Waals surface area contributed by atoms with E-state index in [2.05, 4.69) is 27.7 Å². The van der Waals surface area contributed by atoms with Gasteiger partial charge in [0.15, 0.2) is 0 Å². The molecule has 1 atom stereocenters. The van der Waals surface area contributed by atoms with E-state index in [1.54, 1.807) is 0 Å². The van der Waals surface area contributed by atoms with Crippen LogP contribution in [0.3, 0.4) is 0 Å². The van der Waals surface area contributed by atoms with Gasteiger partial charge in [-0.05, 0) is 49.1 Å². The zero-order chi connectivity index (χ0) is 17.6. The quantitative estimate of drug-likeness (QED) is 0.782. The van der Waals surface area contributed by atoms with Gasteiger partial charge in [-0.1, -0.05) is 30.3 Å². The highest BCUT2D eigenvalue weighted by Crippen LogP contribution is 2.25. The Kier molecular flexibility index (Phi) is 5.56. The van der Waals surface area contributed by atoms with Crippen molar-refractivity contribution in [2.24, 2.45) is 0 Å². The third-order valence-corrected chi connectivity index (χ3v) is 4.62. The van der Waals surface area contributed by atoms with Gasteiger partial charge in [0.05, 0.1) is 12.6 Å². The molecule has 5 heteroatoms. The summed E-state index contributed by atoms with van der Waals surface area (Å²) in [6.45, 7) is 4.05. The molecule has 0 aromatic heterocycles. The fraction of sp³-hybridized carbons (Fsp3) is 0.350. The van der Waals surface area contributed by atoms with Crippen LogP contribution in [0.2, 0.25) is 0 Å². The predicted molar refractivity (Wildman–Crippen MR) is 101 cm³/mol. The maximum absolute atomic E-state index is 12.3. The molecule has 0 radical (unpaired) electrons. The molecule has 0 bridgehead atoms. The van der Waals surface area contributed by atoms with Gasteiger partial charge >= 0.3 is 6.03 Å². The largest absolute Gasteiger partial charge is 0.394 e. The van der Waals surface area contributed by atoms with Crippen LogP contribution in [-0.2, 0) is 0 Å². The Balaban J connectivity index is 1.64. The molecular formula is C20H25N3O2. The molecule has 2 amide bonds. The zero-order valence-electron chi connectivity index (χ0n) is 14.5. The summed E-state index contributed by atoms with van der Waals surface area (Å²) >= 11 is 0. The molecule has 2 aromatic rings. The predicted octanol–water partition coefficient (Wildman–Crippen LogP) is 3.45. The lowest BCUT2D eigenvalue weighted by molar-refractivity contribution is 0.225. The van der Waals surface area contributed by atoms with Crippen LogP contribution >= 0.6 is 0 Å². The average molecular weight is 339 g/mol. The highest BCUT2D eigenvalue weighted by molar-refractivity contribution is 5.90. The van der Waals surface area contributed by atoms with Gasteiger partial charge in [-0.2, -0.15) is 0 Å². The van der Waals surface area contributed by atoms with Crippen LogP contribution in [0.15, 0.2) is 48.5 Å². The van der Waals surface area contributed by atoms with Crippen LogP contribution in [0.5, 0.6) is 0 Å². The number of carbonyl (C=O) groups is 1. The van der Waals surface area contributed by atoms with E-state index in [-0.39, 0.29) is 12.6 Å². The number of aliphatic hydroxyl groups is 1. The van der Waals surface area contributed by atoms with Crippen LogP contribution < -0.4 is 15.5 Å². The first-order chi connectivity index (χ1) is 12.2. The fourth-order valence-corrected chi connectivity index (χ4v) is 3.20. The maximum atomic E-state index is 12.3. The molecule has 1 fully saturated rings. The van der Waals surface area contributed by atoms with Gasteiger partial charge in [0.25, 0.3) is 0 Å². The Hall–Kier alpha value is -2.53. The van der Waals surface area contributed by atoms with Gasteiger partial charge in [0, 0.05) is 24.5 Å². The number of hydrogen-bond donors (Lipinski definition) is 3. The second kappa shape index (κ2) is 8.03. The maximum Gasteiger partial charge on any atom is 0.319 e. The van der Waals surface area contributed by atoms with Gasteiger partial charge in [0.1, 0.15) is 0 Å². The van der Waals surface area contributed by atoms with E-state index in [0.717, 1.165) is 29.9 Å². The fourth-order valence-electron chi connectivity index (χ4n) is 3.20. The molecule has 25 heavy (non-hydrogen) atoms. The van der Waals surface area contributed by atoms with E-state index in [0.29, 0.717) is 0 Å². The highest BCUT2D eigenvalue weighted by Gasteiger charge is 2.16. The minimum absolute atomic E-state index is 0.148. The van der Waals surface area contributed by atoms with E-state index in [4.69, 9.17) is 0 Å². The number of urea groups is 1. The molecule has 3 N–H and O–H groups in total. The summed E-state index contributed by atoms with van der Waals surface area (Å²) in [6.07, 6.45) is 2.48. The van der Waals surface area contributed by atoms with Gasteiger partial charge in [-0.25, -0.2) is 4.79 Å². The molecule has 3 rings (SSSR count). The lowest BCUT2D eigenvalue weighted by atomic mass is 10.1. The van der Waals surface area contributed by atoms with Crippen molar-refractivity contribution in [2.75, 3.05) is 29.9 Å². The Labute approximate surface area is 148 Å². The van der Waals surface area contributed by atoms with Gasteiger partial charge in [-0.3, -0.25) is 0 Å². The third kappa shape index (κ3) is 4.31. The molecule has 5 nitrogen and oxygen atoms in total. The summed E-state index contributed by atoms with van der Waals surface area (Å²) < 4.78 is 0. The van der Waals surface area contributed by atoms with Gasteiger partial charge < -0.3 is 20.6 Å². The number of nitrogens with zero attached hydrogens (tertiary/aromatic N) is 1. The Morgan fingerprint density at radius 1 is 1.16 bits per heavy atom. The second-order valence-electron chi connectivity index (χ2n) is 6.44. The molecule has 0 spiro atoms. The number of rotatable bonds is 5. The lowest BCUT2D eigenvalue weighted by Gasteiger charge is -2.20. The van der Waals surface area contributed by atoms with Gasteiger partial charge in [-0.15, -0.1) is 0 Å². The van der Waals surface area contributed by atoms with E-state index in [1.807, 2.05) is 43.3 Å². The zero-order valence-corrected chi connectivity index (χ0v) is 14.5. The number of carbonyl (C=O) groups excluding carboxylic acids is 1. The van der Waals surface area contributed by atoms with Crippen molar-refractivity contribution in [3.05, 3.63) is 59.7 Å². The molecule has 1 heterocycles. The molecule has 1 aliphatic heterocycles. The number of anilines is 2. The van der Waals surface area contributed by atoms with Crippen LogP contribution in [0.25, 0.3) is 0 Å². The number of hydrogen-bond acceptors (Lipinski definition) is 3. The molecule has 2 aromatic carbocycles. The van der Waals surface area contributed by atoms with Crippen molar-refractivity contribution in [3.8, 4) is 0 Å². The highest BCUT2D eigenvalue weighted by atomic mass is 16.3. The van der Waals surface area contributed by atoms with E-state index >= 15 is 0 Å². The molecular weight excluding hydrogens is 314 g/mol. The molecule has 132 valence electrons. The van der Waals surface area contributed by atoms with Crippen molar-refractivity contribution in [1.29, 1.82) is 0 Å². The topological polar surface area (TPSA) is 64.6 Å². The van der Waals surface area contributed by atoms with Crippen molar-refractivity contribution in [3.63, 3.8) is 0 Å². The number of aliphatic hydroxyl groups excluding tert-OH is 1. The first-order valence-electron chi connectivity index (χ1n) is 8.76. The SMILES string of the molecule is Cc1cc(N2CCCC2)ccc1NC(=O)NC(CO)c1ccccc1. The number of aryl methyl sites for hydroxylation is 1. The third-order valence-electron chi connectivity index (χ3n) is 4.62. The monoisotopic (exact) mass is 339 g/mol. The Bertz CT molecular complexity index is 712. The van der Waals surface area contributed by atoms with Crippen molar-refractivity contribution < 1.29 is 9.90 Å². The average Bonchev–Trinajstić information content (AvgIpc) is 3.17. The number of amides is 2. The number of nitrogens with one attached hydrogen (secondary N) is 2. The summed E-state index contributed by atoms with van der Waals surface area (Å²) in [5.41, 5.74) is 3.89. The smallest absolute Gasteiger partial charge is 0.319 e. The van der Waals surface area contributed by atoms with Crippen molar-refractivity contribution in [2.45, 2.75) is 25.8 Å². The van der Waals surface area contributed by atoms with Crippen LogP contribution in [-0.4, -0.2) is 30.8 Å². The number of benzene rings is 2.